The molecule has 13 heavy (non-hydrogen) atoms. The summed E-state index contributed by atoms with van der Waals surface area (Å²) in [6, 6.07) is 10.5. The lowest BCUT2D eigenvalue weighted by molar-refractivity contribution is 0.400. The fourth-order valence-electron chi connectivity index (χ4n) is 1.67. The minimum atomic E-state index is -1.09. The van der Waals surface area contributed by atoms with Crippen molar-refractivity contribution in [1.82, 2.24) is 0 Å². The van der Waals surface area contributed by atoms with Crippen molar-refractivity contribution in [2.45, 2.75) is 31.5 Å². The highest BCUT2D eigenvalue weighted by Gasteiger charge is 2.48. The second-order valence-corrected chi connectivity index (χ2v) is 10.1. The highest BCUT2D eigenvalue weighted by Crippen LogP contribution is 2.43. The van der Waals surface area contributed by atoms with Gasteiger partial charge in [-0.25, -0.2) is 0 Å². The van der Waals surface area contributed by atoms with E-state index in [2.05, 4.69) is 50.0 Å². The Morgan fingerprint density at radius 2 is 1.69 bits per heavy atom. The third-order valence-corrected chi connectivity index (χ3v) is 4.62. The minimum absolute atomic E-state index is 0.396. The molecule has 0 saturated carbocycles. The SMILES string of the molecule is C[Si](C)(C)[C@@H]1O[C@@H]1c1ccccc1. The number of epoxide rings is 1. The van der Waals surface area contributed by atoms with Gasteiger partial charge < -0.3 is 4.74 Å². The quantitative estimate of drug-likeness (QED) is 0.518. The smallest absolute Gasteiger partial charge is 0.106 e. The molecular formula is C11H16OSi. The van der Waals surface area contributed by atoms with Gasteiger partial charge in [0, 0.05) is 0 Å². The molecule has 70 valence electrons. The van der Waals surface area contributed by atoms with Gasteiger partial charge in [0.2, 0.25) is 0 Å². The van der Waals surface area contributed by atoms with Crippen molar-refractivity contribution in [3.05, 3.63) is 35.9 Å². The Bertz CT molecular complexity index is 289. The van der Waals surface area contributed by atoms with E-state index in [0.717, 1.165) is 0 Å². The molecule has 1 aliphatic heterocycles. The first-order chi connectivity index (χ1) is 6.09. The molecule has 2 heteroatoms. The Morgan fingerprint density at radius 1 is 1.08 bits per heavy atom. The van der Waals surface area contributed by atoms with Crippen LogP contribution in [0.3, 0.4) is 0 Å². The van der Waals surface area contributed by atoms with Crippen molar-refractivity contribution >= 4 is 8.07 Å². The molecule has 1 aliphatic rings. The zero-order valence-electron chi connectivity index (χ0n) is 8.45. The summed E-state index contributed by atoms with van der Waals surface area (Å²) in [5, 5.41) is 0. The van der Waals surface area contributed by atoms with Crippen molar-refractivity contribution < 1.29 is 4.74 Å². The Balaban J connectivity index is 2.09. The zero-order chi connectivity index (χ0) is 9.47. The first-order valence-electron chi connectivity index (χ1n) is 4.79. The van der Waals surface area contributed by atoms with Crippen LogP contribution in [0.25, 0.3) is 0 Å². The van der Waals surface area contributed by atoms with Crippen LogP contribution in [0, 0.1) is 0 Å². The largest absolute Gasteiger partial charge is 0.368 e. The van der Waals surface area contributed by atoms with E-state index in [1.165, 1.54) is 5.56 Å². The molecule has 2 atom stereocenters. The van der Waals surface area contributed by atoms with Gasteiger partial charge in [0.15, 0.2) is 0 Å². The Morgan fingerprint density at radius 3 is 2.15 bits per heavy atom. The summed E-state index contributed by atoms with van der Waals surface area (Å²) in [6.07, 6.45) is 0.396. The molecule has 1 saturated heterocycles. The molecule has 0 bridgehead atoms. The summed E-state index contributed by atoms with van der Waals surface area (Å²) in [4.78, 5) is 0. The number of hydrogen-bond acceptors (Lipinski definition) is 1. The predicted octanol–water partition coefficient (Wildman–Crippen LogP) is 3.00. The third-order valence-electron chi connectivity index (χ3n) is 2.47. The van der Waals surface area contributed by atoms with Gasteiger partial charge in [-0.3, -0.25) is 0 Å². The van der Waals surface area contributed by atoms with E-state index in [4.69, 9.17) is 4.74 Å². The maximum atomic E-state index is 5.73. The summed E-state index contributed by atoms with van der Waals surface area (Å²) in [5.41, 5.74) is 1.88. The van der Waals surface area contributed by atoms with Crippen molar-refractivity contribution in [3.8, 4) is 0 Å². The molecule has 0 amide bonds. The molecule has 0 N–H and O–H groups in total. The standard InChI is InChI=1S/C11H16OSi/c1-13(2,3)11-10(12-11)9-7-5-4-6-8-9/h4-8,10-11H,1-3H3/t10-,11+/m1/s1. The van der Waals surface area contributed by atoms with Crippen LogP contribution in [0.4, 0.5) is 0 Å². The van der Waals surface area contributed by atoms with Gasteiger partial charge >= 0.3 is 0 Å². The first kappa shape index (κ1) is 8.97. The second kappa shape index (κ2) is 2.96. The lowest BCUT2D eigenvalue weighted by Crippen LogP contribution is -2.29. The van der Waals surface area contributed by atoms with Crippen molar-refractivity contribution in [2.75, 3.05) is 0 Å². The van der Waals surface area contributed by atoms with E-state index in [1.54, 1.807) is 0 Å². The van der Waals surface area contributed by atoms with E-state index in [0.29, 0.717) is 11.8 Å². The van der Waals surface area contributed by atoms with Crippen molar-refractivity contribution in [1.29, 1.82) is 0 Å². The van der Waals surface area contributed by atoms with Gasteiger partial charge in [0.05, 0.1) is 13.8 Å². The summed E-state index contributed by atoms with van der Waals surface area (Å²) in [7, 11) is -1.09. The second-order valence-electron chi connectivity index (χ2n) is 4.75. The fourth-order valence-corrected chi connectivity index (χ4v) is 3.32. The molecule has 1 fully saturated rings. The van der Waals surface area contributed by atoms with Crippen LogP contribution in [0.1, 0.15) is 11.7 Å². The van der Waals surface area contributed by atoms with Crippen LogP contribution < -0.4 is 0 Å². The topological polar surface area (TPSA) is 12.5 Å². The zero-order valence-corrected chi connectivity index (χ0v) is 9.45. The molecule has 1 nitrogen and oxygen atoms in total. The minimum Gasteiger partial charge on any atom is -0.368 e. The Hall–Kier alpha value is -0.603. The van der Waals surface area contributed by atoms with Crippen LogP contribution >= 0.6 is 0 Å². The van der Waals surface area contributed by atoms with E-state index in [1.807, 2.05) is 0 Å². The molecule has 0 unspecified atom stereocenters. The number of hydrogen-bond donors (Lipinski definition) is 0. The average molecular weight is 192 g/mol. The first-order valence-corrected chi connectivity index (χ1v) is 8.37. The summed E-state index contributed by atoms with van der Waals surface area (Å²) in [5.74, 6) is 0. The average Bonchev–Trinajstić information content (AvgIpc) is 2.83. The molecular weight excluding hydrogens is 176 g/mol. The molecule has 1 aromatic rings. The Kier molecular flexibility index (Phi) is 2.04. The summed E-state index contributed by atoms with van der Waals surface area (Å²) < 4.78 is 5.73. The van der Waals surface area contributed by atoms with Crippen LogP contribution in [0.5, 0.6) is 0 Å². The molecule has 1 heterocycles. The van der Waals surface area contributed by atoms with E-state index in [-0.39, 0.29) is 0 Å². The van der Waals surface area contributed by atoms with Crippen LogP contribution in [-0.4, -0.2) is 13.8 Å². The van der Waals surface area contributed by atoms with Crippen molar-refractivity contribution in [2.24, 2.45) is 0 Å². The third kappa shape index (κ3) is 1.84. The molecule has 2 rings (SSSR count). The summed E-state index contributed by atoms with van der Waals surface area (Å²) in [6.45, 7) is 7.09. The van der Waals surface area contributed by atoms with Gasteiger partial charge in [0.1, 0.15) is 6.10 Å². The van der Waals surface area contributed by atoms with Gasteiger partial charge in [0.25, 0.3) is 0 Å². The monoisotopic (exact) mass is 192 g/mol. The lowest BCUT2D eigenvalue weighted by Gasteiger charge is -2.11. The molecule has 0 aromatic heterocycles. The van der Waals surface area contributed by atoms with Gasteiger partial charge in [-0.05, 0) is 5.56 Å². The number of rotatable bonds is 2. The lowest BCUT2D eigenvalue weighted by atomic mass is 10.2. The van der Waals surface area contributed by atoms with Gasteiger partial charge in [-0.1, -0.05) is 50.0 Å². The van der Waals surface area contributed by atoms with E-state index in [9.17, 15) is 0 Å². The maximum absolute atomic E-state index is 5.73. The number of ether oxygens (including phenoxy) is 1. The molecule has 0 radical (unpaired) electrons. The van der Waals surface area contributed by atoms with Crippen LogP contribution in [0.2, 0.25) is 19.6 Å². The molecule has 1 aromatic carbocycles. The fraction of sp³-hybridized carbons (Fsp3) is 0.455. The highest BCUT2D eigenvalue weighted by atomic mass is 28.3. The van der Waals surface area contributed by atoms with Gasteiger partial charge in [-0.15, -0.1) is 0 Å². The van der Waals surface area contributed by atoms with Crippen molar-refractivity contribution in [3.63, 3.8) is 0 Å². The van der Waals surface area contributed by atoms with E-state index >= 15 is 0 Å². The maximum Gasteiger partial charge on any atom is 0.106 e. The number of benzene rings is 1. The predicted molar refractivity (Wildman–Crippen MR) is 57.4 cm³/mol. The van der Waals surface area contributed by atoms with Crippen LogP contribution in [-0.2, 0) is 4.74 Å². The summed E-state index contributed by atoms with van der Waals surface area (Å²) >= 11 is 0. The normalized spacial score (nSPS) is 27.3. The molecule has 0 aliphatic carbocycles. The molecule has 0 spiro atoms. The van der Waals surface area contributed by atoms with E-state index < -0.39 is 8.07 Å². The van der Waals surface area contributed by atoms with Gasteiger partial charge in [-0.2, -0.15) is 0 Å². The highest BCUT2D eigenvalue weighted by molar-refractivity contribution is 6.78. The van der Waals surface area contributed by atoms with Crippen LogP contribution in [0.15, 0.2) is 30.3 Å². The Labute approximate surface area is 80.7 Å².